The van der Waals surface area contributed by atoms with Gasteiger partial charge in [0.05, 0.1) is 24.0 Å². The number of benzene rings is 1. The summed E-state index contributed by atoms with van der Waals surface area (Å²) in [5.41, 5.74) is 3.16. The van der Waals surface area contributed by atoms with Crippen molar-refractivity contribution in [2.24, 2.45) is 5.92 Å². The standard InChI is InChI=1S/C28H29FN4O2S/c1-19(34)36-26-12-14-32(27(28(35)20-9-10-20)24-7-2-3-8-25(24)29)17-21(26)16-22-11-15-33(31-22)18-23-6-4-5-13-30-23/h2-8,11,13,15-16,20,26-27H,9-10,12,14,17-18H2,1H3. The van der Waals surface area contributed by atoms with Crippen molar-refractivity contribution in [1.29, 1.82) is 0 Å². The molecule has 1 aliphatic carbocycles. The molecule has 0 N–H and O–H groups in total. The Kier molecular flexibility index (Phi) is 7.43. The van der Waals surface area contributed by atoms with Gasteiger partial charge >= 0.3 is 0 Å². The lowest BCUT2D eigenvalue weighted by Gasteiger charge is -2.38. The highest BCUT2D eigenvalue weighted by Gasteiger charge is 2.41. The molecule has 36 heavy (non-hydrogen) atoms. The van der Waals surface area contributed by atoms with Gasteiger partial charge in [0.1, 0.15) is 5.82 Å². The Morgan fingerprint density at radius 3 is 2.67 bits per heavy atom. The summed E-state index contributed by atoms with van der Waals surface area (Å²) in [6, 6.07) is 13.7. The Morgan fingerprint density at radius 1 is 1.14 bits per heavy atom. The minimum absolute atomic E-state index is 0.00279. The molecule has 1 saturated carbocycles. The molecule has 2 atom stereocenters. The summed E-state index contributed by atoms with van der Waals surface area (Å²) >= 11 is 1.31. The summed E-state index contributed by atoms with van der Waals surface area (Å²) in [5, 5.41) is 4.74. The number of hydrogen-bond acceptors (Lipinski definition) is 6. The maximum atomic E-state index is 14.9. The molecule has 2 aliphatic rings. The zero-order chi connectivity index (χ0) is 25.1. The van der Waals surface area contributed by atoms with Gasteiger partial charge in [0, 0.05) is 49.1 Å². The van der Waals surface area contributed by atoms with Crippen LogP contribution in [0.3, 0.4) is 0 Å². The maximum Gasteiger partial charge on any atom is 0.186 e. The second kappa shape index (κ2) is 10.9. The van der Waals surface area contributed by atoms with Gasteiger partial charge < -0.3 is 0 Å². The number of thioether (sulfide) groups is 1. The maximum absolute atomic E-state index is 14.9. The Morgan fingerprint density at radius 2 is 1.94 bits per heavy atom. The minimum Gasteiger partial charge on any atom is -0.297 e. The lowest BCUT2D eigenvalue weighted by molar-refractivity contribution is -0.126. The van der Waals surface area contributed by atoms with E-state index in [9.17, 15) is 14.0 Å². The van der Waals surface area contributed by atoms with Crippen molar-refractivity contribution < 1.29 is 14.0 Å². The fourth-order valence-electron chi connectivity index (χ4n) is 4.79. The van der Waals surface area contributed by atoms with E-state index in [0.717, 1.165) is 29.8 Å². The van der Waals surface area contributed by atoms with Gasteiger partial charge in [-0.05, 0) is 55.2 Å². The van der Waals surface area contributed by atoms with E-state index < -0.39 is 6.04 Å². The molecule has 2 aromatic heterocycles. The first-order valence-corrected chi connectivity index (χ1v) is 13.2. The van der Waals surface area contributed by atoms with Gasteiger partial charge in [-0.25, -0.2) is 4.39 Å². The number of piperidine rings is 1. The minimum atomic E-state index is -0.618. The molecule has 0 amide bonds. The van der Waals surface area contributed by atoms with E-state index in [1.54, 1.807) is 31.3 Å². The molecule has 186 valence electrons. The summed E-state index contributed by atoms with van der Waals surface area (Å²) < 4.78 is 16.7. The van der Waals surface area contributed by atoms with Crippen molar-refractivity contribution in [3.63, 3.8) is 0 Å². The number of ketones is 1. The third-order valence-electron chi connectivity index (χ3n) is 6.64. The molecule has 0 bridgehead atoms. The van der Waals surface area contributed by atoms with E-state index in [-0.39, 0.29) is 27.9 Å². The average Bonchev–Trinajstić information content (AvgIpc) is 3.63. The second-order valence-electron chi connectivity index (χ2n) is 9.44. The number of hydrogen-bond donors (Lipinski definition) is 0. The average molecular weight is 505 g/mol. The van der Waals surface area contributed by atoms with Crippen LogP contribution in [0, 0.1) is 11.7 Å². The van der Waals surface area contributed by atoms with Crippen molar-refractivity contribution >= 4 is 28.7 Å². The van der Waals surface area contributed by atoms with Gasteiger partial charge in [0.25, 0.3) is 0 Å². The van der Waals surface area contributed by atoms with E-state index in [1.807, 2.05) is 41.2 Å². The molecule has 2 fully saturated rings. The number of rotatable bonds is 8. The van der Waals surface area contributed by atoms with Gasteiger partial charge in [-0.15, -0.1) is 0 Å². The molecule has 1 aliphatic heterocycles. The summed E-state index contributed by atoms with van der Waals surface area (Å²) in [5.74, 6) is -0.249. The molecule has 2 unspecified atom stereocenters. The van der Waals surface area contributed by atoms with Crippen LogP contribution in [0.5, 0.6) is 0 Å². The molecule has 3 heterocycles. The van der Waals surface area contributed by atoms with E-state index in [2.05, 4.69) is 15.0 Å². The van der Waals surface area contributed by atoms with Crippen LogP contribution in [-0.4, -0.2) is 48.9 Å². The predicted molar refractivity (Wildman–Crippen MR) is 139 cm³/mol. The number of halogens is 1. The molecule has 1 saturated heterocycles. The van der Waals surface area contributed by atoms with Crippen molar-refractivity contribution in [2.75, 3.05) is 13.1 Å². The van der Waals surface area contributed by atoms with Crippen LogP contribution in [0.25, 0.3) is 6.08 Å². The van der Waals surface area contributed by atoms with Gasteiger partial charge in [0.2, 0.25) is 0 Å². The monoisotopic (exact) mass is 504 g/mol. The first kappa shape index (κ1) is 24.6. The number of likely N-dealkylation sites (tertiary alicyclic amines) is 1. The highest BCUT2D eigenvalue weighted by atomic mass is 32.2. The van der Waals surface area contributed by atoms with Crippen molar-refractivity contribution in [3.8, 4) is 0 Å². The smallest absolute Gasteiger partial charge is 0.186 e. The molecule has 3 aromatic rings. The van der Waals surface area contributed by atoms with Gasteiger partial charge in [-0.1, -0.05) is 36.0 Å². The van der Waals surface area contributed by atoms with Crippen molar-refractivity contribution in [3.05, 3.63) is 89.3 Å². The highest BCUT2D eigenvalue weighted by molar-refractivity contribution is 8.14. The lowest BCUT2D eigenvalue weighted by Crippen LogP contribution is -2.43. The Bertz CT molecular complexity index is 1270. The summed E-state index contributed by atoms with van der Waals surface area (Å²) in [4.78, 5) is 31.8. The number of Topliss-reactive ketones (excluding diaryl/α,β-unsaturated/α-hetero) is 1. The van der Waals surface area contributed by atoms with E-state index in [1.165, 1.54) is 17.8 Å². The topological polar surface area (TPSA) is 68.1 Å². The van der Waals surface area contributed by atoms with Gasteiger partial charge in [-0.2, -0.15) is 5.10 Å². The summed E-state index contributed by atoms with van der Waals surface area (Å²) in [6.45, 7) is 3.24. The first-order valence-electron chi connectivity index (χ1n) is 12.3. The van der Waals surface area contributed by atoms with Crippen LogP contribution >= 0.6 is 11.8 Å². The first-order chi connectivity index (χ1) is 17.5. The van der Waals surface area contributed by atoms with E-state index in [4.69, 9.17) is 0 Å². The summed E-state index contributed by atoms with van der Waals surface area (Å²) in [7, 11) is 0. The molecule has 1 aromatic carbocycles. The predicted octanol–water partition coefficient (Wildman–Crippen LogP) is 4.92. The summed E-state index contributed by atoms with van der Waals surface area (Å²) in [6.07, 6.45) is 8.13. The molecular formula is C28H29FN4O2S. The van der Waals surface area contributed by atoms with Crippen LogP contribution in [0.4, 0.5) is 4.39 Å². The number of pyridine rings is 1. The quantitative estimate of drug-likeness (QED) is 0.434. The molecule has 5 rings (SSSR count). The van der Waals surface area contributed by atoms with Crippen LogP contribution in [0.15, 0.2) is 66.5 Å². The third kappa shape index (κ3) is 5.82. The molecular weight excluding hydrogens is 475 g/mol. The second-order valence-corrected chi connectivity index (χ2v) is 10.8. The Labute approximate surface area is 214 Å². The van der Waals surface area contributed by atoms with Crippen LogP contribution in [0.1, 0.15) is 49.2 Å². The SMILES string of the molecule is CC(=O)SC1CCN(C(C(=O)C2CC2)c2ccccc2F)CC1=Cc1ccn(Cc2ccccn2)n1. The molecule has 0 spiro atoms. The molecule has 0 radical (unpaired) electrons. The lowest BCUT2D eigenvalue weighted by atomic mass is 9.93. The molecule has 6 nitrogen and oxygen atoms in total. The van der Waals surface area contributed by atoms with E-state index in [0.29, 0.717) is 31.6 Å². The zero-order valence-electron chi connectivity index (χ0n) is 20.2. The highest BCUT2D eigenvalue weighted by Crippen LogP contribution is 2.40. The van der Waals surface area contributed by atoms with Crippen LogP contribution in [0.2, 0.25) is 0 Å². The largest absolute Gasteiger partial charge is 0.297 e. The van der Waals surface area contributed by atoms with Gasteiger partial charge in [0.15, 0.2) is 10.9 Å². The fourth-order valence-corrected chi connectivity index (χ4v) is 5.70. The molecule has 8 heteroatoms. The number of aromatic nitrogens is 3. The van der Waals surface area contributed by atoms with Gasteiger partial charge in [-0.3, -0.25) is 24.2 Å². The number of nitrogens with zero attached hydrogens (tertiary/aromatic N) is 4. The van der Waals surface area contributed by atoms with E-state index >= 15 is 0 Å². The Hall–Kier alpha value is -3.10. The fraction of sp³-hybridized carbons (Fsp3) is 0.357. The van der Waals surface area contributed by atoms with Crippen LogP contribution in [-0.2, 0) is 16.1 Å². The third-order valence-corrected chi connectivity index (χ3v) is 7.80. The normalized spacial score (nSPS) is 20.4. The van der Waals surface area contributed by atoms with Crippen LogP contribution < -0.4 is 0 Å². The van der Waals surface area contributed by atoms with Crippen molar-refractivity contribution in [1.82, 2.24) is 19.7 Å². The zero-order valence-corrected chi connectivity index (χ0v) is 21.0. The number of carbonyl (C=O) groups excluding carboxylic acids is 2. The number of carbonyl (C=O) groups is 2. The van der Waals surface area contributed by atoms with Crippen molar-refractivity contribution in [2.45, 2.75) is 44.0 Å². The Balaban J connectivity index is 1.42.